The fourth-order valence-electron chi connectivity index (χ4n) is 3.77. The maximum atomic E-state index is 12.5. The Morgan fingerprint density at radius 3 is 2.32 bits per heavy atom. The van der Waals surface area contributed by atoms with Gasteiger partial charge in [0.1, 0.15) is 0 Å². The number of carbonyl (C=O) groups is 1. The zero-order valence-corrected chi connectivity index (χ0v) is 22.6. The van der Waals surface area contributed by atoms with Crippen LogP contribution in [0.4, 0.5) is 5.69 Å². The number of nitrogens with zero attached hydrogens (tertiary/aromatic N) is 2. The van der Waals surface area contributed by atoms with Gasteiger partial charge in [-0.3, -0.25) is 4.79 Å². The van der Waals surface area contributed by atoms with Gasteiger partial charge in [-0.05, 0) is 53.9 Å². The topological polar surface area (TPSA) is 79.2 Å². The molecule has 0 saturated carbocycles. The third kappa shape index (κ3) is 9.84. The van der Waals surface area contributed by atoms with Crippen LogP contribution in [0.15, 0.2) is 91.4 Å². The van der Waals surface area contributed by atoms with Gasteiger partial charge >= 0.3 is 0 Å². The van der Waals surface area contributed by atoms with E-state index in [4.69, 9.17) is 11.6 Å². The lowest BCUT2D eigenvalue weighted by atomic mass is 10.1. The normalized spacial score (nSPS) is 11.2. The molecule has 1 heterocycles. The molecule has 9 heteroatoms. The van der Waals surface area contributed by atoms with Crippen LogP contribution in [0.3, 0.4) is 0 Å². The number of aliphatic hydroxyl groups excluding tert-OH is 1. The van der Waals surface area contributed by atoms with Crippen molar-refractivity contribution in [3.05, 3.63) is 119 Å². The second-order valence-electron chi connectivity index (χ2n) is 8.47. The van der Waals surface area contributed by atoms with Crippen molar-refractivity contribution in [2.24, 2.45) is 0 Å². The van der Waals surface area contributed by atoms with E-state index in [1.54, 1.807) is 6.33 Å². The Hall–Kier alpha value is -2.87. The maximum absolute atomic E-state index is 12.5. The third-order valence-electron chi connectivity index (χ3n) is 5.66. The van der Waals surface area contributed by atoms with Gasteiger partial charge in [-0.25, -0.2) is 4.98 Å². The number of benzene rings is 3. The van der Waals surface area contributed by atoms with E-state index in [1.165, 1.54) is 0 Å². The highest BCUT2D eigenvalue weighted by Gasteiger charge is 2.08. The highest BCUT2D eigenvalue weighted by molar-refractivity contribution is 6.30. The van der Waals surface area contributed by atoms with Crippen molar-refractivity contribution >= 4 is 48.0 Å². The van der Waals surface area contributed by atoms with Crippen molar-refractivity contribution in [1.82, 2.24) is 14.9 Å². The van der Waals surface area contributed by atoms with Crippen LogP contribution in [-0.2, 0) is 24.2 Å². The molecule has 1 unspecified atom stereocenters. The van der Waals surface area contributed by atoms with Crippen LogP contribution >= 0.6 is 36.4 Å². The van der Waals surface area contributed by atoms with Gasteiger partial charge in [-0.15, -0.1) is 24.8 Å². The minimum absolute atomic E-state index is 0. The van der Waals surface area contributed by atoms with E-state index in [0.29, 0.717) is 18.1 Å². The fourth-order valence-corrected chi connectivity index (χ4v) is 3.90. The summed E-state index contributed by atoms with van der Waals surface area (Å²) in [6, 6.07) is 25.1. The first-order valence-electron chi connectivity index (χ1n) is 11.6. The van der Waals surface area contributed by atoms with Crippen molar-refractivity contribution in [3.63, 3.8) is 0 Å². The number of imidazole rings is 1. The average molecular weight is 562 g/mol. The molecular weight excluding hydrogens is 531 g/mol. The summed E-state index contributed by atoms with van der Waals surface area (Å²) in [6.45, 7) is 1.94. The van der Waals surface area contributed by atoms with Crippen LogP contribution < -0.4 is 10.6 Å². The number of anilines is 1. The van der Waals surface area contributed by atoms with E-state index < -0.39 is 6.10 Å². The molecular formula is C28H31Cl3N4O2. The highest BCUT2D eigenvalue weighted by Crippen LogP contribution is 2.13. The Morgan fingerprint density at radius 1 is 0.946 bits per heavy atom. The number of carbonyl (C=O) groups excluding carboxylic acids is 1. The molecule has 0 aliphatic heterocycles. The summed E-state index contributed by atoms with van der Waals surface area (Å²) >= 11 is 5.93. The van der Waals surface area contributed by atoms with Crippen molar-refractivity contribution in [2.75, 3.05) is 18.4 Å². The summed E-state index contributed by atoms with van der Waals surface area (Å²) in [7, 11) is 0. The van der Waals surface area contributed by atoms with Crippen molar-refractivity contribution < 1.29 is 9.90 Å². The number of amides is 1. The zero-order valence-electron chi connectivity index (χ0n) is 20.2. The fraction of sp³-hybridized carbons (Fsp3) is 0.214. The second kappa shape index (κ2) is 15.4. The summed E-state index contributed by atoms with van der Waals surface area (Å²) in [5.74, 6) is -0.106. The number of rotatable bonds is 11. The lowest BCUT2D eigenvalue weighted by Crippen LogP contribution is -2.23. The number of aliphatic hydroxyl groups is 1. The average Bonchev–Trinajstić information content (AvgIpc) is 3.31. The quantitative estimate of drug-likeness (QED) is 0.212. The minimum atomic E-state index is -0.516. The lowest BCUT2D eigenvalue weighted by Gasteiger charge is -2.12. The van der Waals surface area contributed by atoms with Gasteiger partial charge in [0.05, 0.1) is 24.5 Å². The summed E-state index contributed by atoms with van der Waals surface area (Å²) in [5.41, 5.74) is 4.66. The molecule has 3 aromatic carbocycles. The van der Waals surface area contributed by atoms with Gasteiger partial charge in [0, 0.05) is 30.0 Å². The summed E-state index contributed by atoms with van der Waals surface area (Å²) in [4.78, 5) is 16.8. The van der Waals surface area contributed by atoms with E-state index in [0.717, 1.165) is 41.0 Å². The van der Waals surface area contributed by atoms with Gasteiger partial charge < -0.3 is 20.3 Å². The Morgan fingerprint density at radius 2 is 1.62 bits per heavy atom. The summed E-state index contributed by atoms with van der Waals surface area (Å²) in [6.07, 6.45) is 4.15. The van der Waals surface area contributed by atoms with Crippen molar-refractivity contribution in [2.45, 2.75) is 25.5 Å². The van der Waals surface area contributed by atoms with Crippen molar-refractivity contribution in [3.8, 4) is 0 Å². The molecule has 1 aromatic heterocycles. The standard InChI is InChI=1S/C28H29ClN4O2.2ClH/c29-24-10-6-22(7-11-24)18-33-19-26(31-20-33)16-28(35)32-25-12-8-21(9-13-25)14-15-30-17-27(34)23-4-2-1-3-5-23;;/h1-13,19-20,27,30,34H,14-18H2,(H,32,35);2*1H. The monoisotopic (exact) mass is 560 g/mol. The molecule has 6 nitrogen and oxygen atoms in total. The van der Waals surface area contributed by atoms with E-state index in [-0.39, 0.29) is 37.1 Å². The second-order valence-corrected chi connectivity index (χ2v) is 8.90. The van der Waals surface area contributed by atoms with E-state index >= 15 is 0 Å². The minimum Gasteiger partial charge on any atom is -0.387 e. The molecule has 3 N–H and O–H groups in total. The highest BCUT2D eigenvalue weighted by atomic mass is 35.5. The molecule has 1 atom stereocenters. The van der Waals surface area contributed by atoms with Gasteiger partial charge in [0.25, 0.3) is 0 Å². The molecule has 0 saturated heterocycles. The molecule has 0 bridgehead atoms. The zero-order chi connectivity index (χ0) is 24.5. The molecule has 4 rings (SSSR count). The van der Waals surface area contributed by atoms with E-state index in [9.17, 15) is 9.90 Å². The largest absolute Gasteiger partial charge is 0.387 e. The molecule has 0 fully saturated rings. The lowest BCUT2D eigenvalue weighted by molar-refractivity contribution is -0.115. The van der Waals surface area contributed by atoms with Crippen LogP contribution in [0.1, 0.15) is 28.5 Å². The van der Waals surface area contributed by atoms with Gasteiger partial charge in [-0.1, -0.05) is 66.2 Å². The van der Waals surface area contributed by atoms with Crippen LogP contribution in [0.5, 0.6) is 0 Å². The molecule has 1 amide bonds. The Balaban J connectivity index is 0.00000241. The van der Waals surface area contributed by atoms with Gasteiger partial charge in [-0.2, -0.15) is 0 Å². The summed E-state index contributed by atoms with van der Waals surface area (Å²) in [5, 5.41) is 17.1. The first kappa shape index (κ1) is 30.4. The van der Waals surface area contributed by atoms with Gasteiger partial charge in [0.2, 0.25) is 5.91 Å². The number of hydrogen-bond donors (Lipinski definition) is 3. The van der Waals surface area contributed by atoms with Crippen LogP contribution in [0.2, 0.25) is 5.02 Å². The third-order valence-corrected chi connectivity index (χ3v) is 5.91. The number of halogens is 3. The number of aromatic nitrogens is 2. The van der Waals surface area contributed by atoms with Gasteiger partial charge in [0.15, 0.2) is 0 Å². The first-order valence-corrected chi connectivity index (χ1v) is 12.0. The van der Waals surface area contributed by atoms with Crippen LogP contribution in [0.25, 0.3) is 0 Å². The molecule has 0 spiro atoms. The SMILES string of the molecule is Cl.Cl.O=C(Cc1cn(Cc2ccc(Cl)cc2)cn1)Nc1ccc(CCNCC(O)c2ccccc2)cc1. The Kier molecular flexibility index (Phi) is 12.6. The van der Waals surface area contributed by atoms with Crippen molar-refractivity contribution in [1.29, 1.82) is 0 Å². The molecule has 196 valence electrons. The maximum Gasteiger partial charge on any atom is 0.230 e. The van der Waals surface area contributed by atoms with Crippen LogP contribution in [-0.4, -0.2) is 33.7 Å². The smallest absolute Gasteiger partial charge is 0.230 e. The number of nitrogens with one attached hydrogen (secondary N) is 2. The van der Waals surface area contributed by atoms with E-state index in [2.05, 4.69) is 15.6 Å². The molecule has 4 aromatic rings. The first-order chi connectivity index (χ1) is 17.0. The predicted octanol–water partition coefficient (Wildman–Crippen LogP) is 5.48. The molecule has 0 aliphatic carbocycles. The predicted molar refractivity (Wildman–Crippen MR) is 154 cm³/mol. The summed E-state index contributed by atoms with van der Waals surface area (Å²) < 4.78 is 1.95. The molecule has 0 radical (unpaired) electrons. The molecule has 37 heavy (non-hydrogen) atoms. The number of hydrogen-bond acceptors (Lipinski definition) is 4. The molecule has 0 aliphatic rings. The Labute approximate surface area is 234 Å². The van der Waals surface area contributed by atoms with E-state index in [1.807, 2.05) is 89.6 Å². The van der Waals surface area contributed by atoms with Crippen LogP contribution in [0, 0.1) is 0 Å². The Bertz CT molecular complexity index is 1220.